The Balaban J connectivity index is 2.35. The van der Waals surface area contributed by atoms with Crippen LogP contribution in [0, 0.1) is 6.92 Å². The van der Waals surface area contributed by atoms with Crippen LogP contribution in [0.3, 0.4) is 0 Å². The van der Waals surface area contributed by atoms with Gasteiger partial charge < -0.3 is 0 Å². The second kappa shape index (κ2) is 3.30. The first kappa shape index (κ1) is 8.44. The van der Waals surface area contributed by atoms with E-state index in [-0.39, 0.29) is 0 Å². The second-order valence-electron chi connectivity index (χ2n) is 2.88. The number of hydrogen-bond donors (Lipinski definition) is 0. The largest absolute Gasteiger partial charge is 0.223 e. The summed E-state index contributed by atoms with van der Waals surface area (Å²) in [6.45, 7) is 4.08. The molecule has 0 saturated carbocycles. The minimum Gasteiger partial charge on any atom is -0.223 e. The van der Waals surface area contributed by atoms with Gasteiger partial charge in [0.25, 0.3) is 0 Å². The first-order chi connectivity index (χ1) is 6.29. The summed E-state index contributed by atoms with van der Waals surface area (Å²) < 4.78 is 1.82. The molecule has 2 rings (SSSR count). The summed E-state index contributed by atoms with van der Waals surface area (Å²) in [5.41, 5.74) is 2.15. The van der Waals surface area contributed by atoms with E-state index in [4.69, 9.17) is 0 Å². The van der Waals surface area contributed by atoms with E-state index >= 15 is 0 Å². The Morgan fingerprint density at radius 3 is 2.92 bits per heavy atom. The quantitative estimate of drug-likeness (QED) is 0.732. The highest BCUT2D eigenvalue weighted by molar-refractivity contribution is 7.12. The Morgan fingerprint density at radius 2 is 2.38 bits per heavy atom. The molecule has 0 unspecified atom stereocenters. The third-order valence-electron chi connectivity index (χ3n) is 1.82. The maximum absolute atomic E-state index is 4.43. The molecule has 3 nitrogen and oxygen atoms in total. The summed E-state index contributed by atoms with van der Waals surface area (Å²) >= 11 is 1.63. The van der Waals surface area contributed by atoms with Crippen LogP contribution in [0.2, 0.25) is 0 Å². The van der Waals surface area contributed by atoms with Crippen LogP contribution in [-0.4, -0.2) is 14.8 Å². The molecule has 0 bridgehead atoms. The van der Waals surface area contributed by atoms with Crippen molar-refractivity contribution in [3.05, 3.63) is 29.0 Å². The standard InChI is InChI=1S/C9H11N3S/c1-3-8-6-13-9(10-8)12-5-4-7(2)11-12/h4-6H,3H2,1-2H3. The molecule has 0 aliphatic rings. The van der Waals surface area contributed by atoms with Crippen LogP contribution in [0.15, 0.2) is 17.6 Å². The minimum absolute atomic E-state index is 0.949. The van der Waals surface area contributed by atoms with Crippen molar-refractivity contribution < 1.29 is 0 Å². The number of thiazole rings is 1. The van der Waals surface area contributed by atoms with Gasteiger partial charge in [0, 0.05) is 11.6 Å². The molecule has 0 amide bonds. The Hall–Kier alpha value is -1.16. The van der Waals surface area contributed by atoms with Crippen molar-refractivity contribution in [3.63, 3.8) is 0 Å². The maximum Gasteiger partial charge on any atom is 0.210 e. The highest BCUT2D eigenvalue weighted by atomic mass is 32.1. The number of aryl methyl sites for hydroxylation is 2. The van der Waals surface area contributed by atoms with Crippen LogP contribution in [0.5, 0.6) is 0 Å². The van der Waals surface area contributed by atoms with Gasteiger partial charge in [-0.2, -0.15) is 5.10 Å². The second-order valence-corrected chi connectivity index (χ2v) is 3.71. The first-order valence-corrected chi connectivity index (χ1v) is 5.14. The summed E-state index contributed by atoms with van der Waals surface area (Å²) in [7, 11) is 0. The van der Waals surface area contributed by atoms with Gasteiger partial charge in [0.2, 0.25) is 5.13 Å². The molecule has 0 atom stereocenters. The van der Waals surface area contributed by atoms with Crippen LogP contribution < -0.4 is 0 Å². The van der Waals surface area contributed by atoms with E-state index in [9.17, 15) is 0 Å². The zero-order valence-corrected chi connectivity index (χ0v) is 8.51. The van der Waals surface area contributed by atoms with Crippen molar-refractivity contribution in [1.29, 1.82) is 0 Å². The molecule has 13 heavy (non-hydrogen) atoms. The smallest absolute Gasteiger partial charge is 0.210 e. The van der Waals surface area contributed by atoms with Gasteiger partial charge in [-0.05, 0) is 19.4 Å². The highest BCUT2D eigenvalue weighted by Crippen LogP contribution is 2.14. The molecule has 2 aromatic heterocycles. The lowest BCUT2D eigenvalue weighted by atomic mass is 10.4. The predicted molar refractivity (Wildman–Crippen MR) is 53.4 cm³/mol. The zero-order chi connectivity index (χ0) is 9.26. The fraction of sp³-hybridized carbons (Fsp3) is 0.333. The zero-order valence-electron chi connectivity index (χ0n) is 7.69. The van der Waals surface area contributed by atoms with Crippen molar-refractivity contribution in [2.45, 2.75) is 20.3 Å². The Bertz CT molecular complexity index is 402. The molecular weight excluding hydrogens is 182 g/mol. The van der Waals surface area contributed by atoms with E-state index in [0.717, 1.165) is 22.9 Å². The number of aromatic nitrogens is 3. The van der Waals surface area contributed by atoms with Crippen molar-refractivity contribution in [3.8, 4) is 5.13 Å². The molecule has 4 heteroatoms. The number of hydrogen-bond acceptors (Lipinski definition) is 3. The highest BCUT2D eigenvalue weighted by Gasteiger charge is 2.02. The third-order valence-corrected chi connectivity index (χ3v) is 2.70. The van der Waals surface area contributed by atoms with Gasteiger partial charge in [-0.3, -0.25) is 0 Å². The summed E-state index contributed by atoms with van der Waals surface area (Å²) in [6, 6.07) is 1.98. The summed E-state index contributed by atoms with van der Waals surface area (Å²) in [4.78, 5) is 4.43. The lowest BCUT2D eigenvalue weighted by Gasteiger charge is -1.92. The van der Waals surface area contributed by atoms with E-state index in [0.29, 0.717) is 0 Å². The lowest BCUT2D eigenvalue weighted by molar-refractivity contribution is 0.844. The topological polar surface area (TPSA) is 30.7 Å². The molecule has 0 aliphatic carbocycles. The molecule has 0 spiro atoms. The van der Waals surface area contributed by atoms with Crippen LogP contribution in [0.4, 0.5) is 0 Å². The van der Waals surface area contributed by atoms with Crippen molar-refractivity contribution in [2.24, 2.45) is 0 Å². The summed E-state index contributed by atoms with van der Waals surface area (Å²) in [5, 5.41) is 7.32. The van der Waals surface area contributed by atoms with Crippen molar-refractivity contribution in [1.82, 2.24) is 14.8 Å². The fourth-order valence-corrected chi connectivity index (χ4v) is 1.93. The van der Waals surface area contributed by atoms with E-state index in [2.05, 4.69) is 22.4 Å². The molecule has 2 aromatic rings. The Kier molecular flexibility index (Phi) is 2.14. The molecule has 0 N–H and O–H groups in total. The van der Waals surface area contributed by atoms with Gasteiger partial charge in [-0.1, -0.05) is 6.92 Å². The first-order valence-electron chi connectivity index (χ1n) is 4.26. The molecule has 0 radical (unpaired) electrons. The van der Waals surface area contributed by atoms with Gasteiger partial charge in [0.15, 0.2) is 0 Å². The molecular formula is C9H11N3S. The van der Waals surface area contributed by atoms with Gasteiger partial charge in [0.1, 0.15) is 0 Å². The van der Waals surface area contributed by atoms with Gasteiger partial charge in [-0.15, -0.1) is 11.3 Å². The van der Waals surface area contributed by atoms with E-state index in [1.165, 1.54) is 0 Å². The van der Waals surface area contributed by atoms with Crippen LogP contribution in [0.25, 0.3) is 5.13 Å². The average molecular weight is 193 g/mol. The molecule has 0 aliphatic heterocycles. The predicted octanol–water partition coefficient (Wildman–Crippen LogP) is 2.20. The molecule has 2 heterocycles. The van der Waals surface area contributed by atoms with E-state index in [1.54, 1.807) is 11.3 Å². The van der Waals surface area contributed by atoms with Crippen LogP contribution in [0.1, 0.15) is 18.3 Å². The van der Waals surface area contributed by atoms with Gasteiger partial charge in [0.05, 0.1) is 11.4 Å². The third kappa shape index (κ3) is 1.62. The van der Waals surface area contributed by atoms with E-state index in [1.807, 2.05) is 23.9 Å². The summed E-state index contributed by atoms with van der Waals surface area (Å²) in [5.74, 6) is 0. The Labute approximate surface area is 81.1 Å². The average Bonchev–Trinajstić information content (AvgIpc) is 2.71. The molecule has 68 valence electrons. The van der Waals surface area contributed by atoms with Crippen molar-refractivity contribution >= 4 is 11.3 Å². The Morgan fingerprint density at radius 1 is 1.54 bits per heavy atom. The van der Waals surface area contributed by atoms with E-state index < -0.39 is 0 Å². The molecule has 0 aromatic carbocycles. The van der Waals surface area contributed by atoms with Crippen LogP contribution in [-0.2, 0) is 6.42 Å². The number of nitrogens with zero attached hydrogens (tertiary/aromatic N) is 3. The SMILES string of the molecule is CCc1csc(-n2ccc(C)n2)n1. The van der Waals surface area contributed by atoms with Gasteiger partial charge >= 0.3 is 0 Å². The lowest BCUT2D eigenvalue weighted by Crippen LogP contribution is -1.94. The van der Waals surface area contributed by atoms with Crippen LogP contribution >= 0.6 is 11.3 Å². The molecule has 0 saturated heterocycles. The van der Waals surface area contributed by atoms with Crippen molar-refractivity contribution in [2.75, 3.05) is 0 Å². The normalized spacial score (nSPS) is 10.6. The monoisotopic (exact) mass is 193 g/mol. The fourth-order valence-electron chi connectivity index (χ4n) is 1.09. The minimum atomic E-state index is 0.949. The summed E-state index contributed by atoms with van der Waals surface area (Å²) in [6.07, 6.45) is 2.92. The molecule has 0 fully saturated rings. The number of rotatable bonds is 2. The van der Waals surface area contributed by atoms with Gasteiger partial charge in [-0.25, -0.2) is 9.67 Å². The maximum atomic E-state index is 4.43.